The molecule has 0 aliphatic heterocycles. The molecule has 0 saturated carbocycles. The number of rotatable bonds is 6. The van der Waals surface area contributed by atoms with Crippen LogP contribution in [0.3, 0.4) is 0 Å². The van der Waals surface area contributed by atoms with Crippen LogP contribution >= 0.6 is 0 Å². The molecule has 0 amide bonds. The van der Waals surface area contributed by atoms with Crippen molar-refractivity contribution in [3.63, 3.8) is 0 Å². The number of hydrogen-bond donors (Lipinski definition) is 2. The number of carbonyl (C=O) groups is 1. The summed E-state index contributed by atoms with van der Waals surface area (Å²) in [5.41, 5.74) is 3.68. The van der Waals surface area contributed by atoms with E-state index in [1.807, 2.05) is 13.8 Å². The van der Waals surface area contributed by atoms with E-state index in [1.165, 1.54) is 0 Å². The van der Waals surface area contributed by atoms with Gasteiger partial charge in [0.25, 0.3) is 0 Å². The molecule has 1 atom stereocenters. The van der Waals surface area contributed by atoms with Crippen molar-refractivity contribution in [2.75, 3.05) is 13.6 Å². The molecule has 0 spiro atoms. The van der Waals surface area contributed by atoms with Crippen LogP contribution in [0.15, 0.2) is 5.10 Å². The lowest BCUT2D eigenvalue weighted by Crippen LogP contribution is -2.41. The van der Waals surface area contributed by atoms with Crippen LogP contribution in [0, 0.1) is 0 Å². The van der Waals surface area contributed by atoms with E-state index < -0.39 is 0 Å². The fourth-order valence-corrected chi connectivity index (χ4v) is 0.857. The zero-order valence-corrected chi connectivity index (χ0v) is 9.37. The highest BCUT2D eigenvalue weighted by Gasteiger charge is 2.03. The zero-order chi connectivity index (χ0) is 11.1. The van der Waals surface area contributed by atoms with Crippen LogP contribution in [0.5, 0.6) is 0 Å². The molecule has 0 rings (SSSR count). The molecule has 0 aromatic heterocycles. The van der Waals surface area contributed by atoms with Gasteiger partial charge in [-0.25, -0.2) is 5.01 Å². The van der Waals surface area contributed by atoms with Gasteiger partial charge in [-0.1, -0.05) is 0 Å². The third-order valence-electron chi connectivity index (χ3n) is 1.86. The lowest BCUT2D eigenvalue weighted by Gasteiger charge is -2.18. The summed E-state index contributed by atoms with van der Waals surface area (Å²) in [6.45, 7) is 6.03. The van der Waals surface area contributed by atoms with Gasteiger partial charge in [0.15, 0.2) is 0 Å². The molecule has 3 N–H and O–H groups in total. The van der Waals surface area contributed by atoms with Crippen molar-refractivity contribution in [1.82, 2.24) is 10.4 Å². The first-order valence-electron chi connectivity index (χ1n) is 4.66. The third kappa shape index (κ3) is 6.56. The number of ketones is 1. The lowest BCUT2D eigenvalue weighted by molar-refractivity contribution is -0.115. The summed E-state index contributed by atoms with van der Waals surface area (Å²) in [5.74, 6) is 5.65. The normalized spacial score (nSPS) is 14.3. The van der Waals surface area contributed by atoms with E-state index >= 15 is 0 Å². The maximum Gasteiger partial charge on any atom is 0.135 e. The van der Waals surface area contributed by atoms with Gasteiger partial charge in [-0.15, -0.1) is 0 Å². The van der Waals surface area contributed by atoms with Gasteiger partial charge in [0.05, 0.1) is 0 Å². The van der Waals surface area contributed by atoms with Crippen LogP contribution in [-0.2, 0) is 4.79 Å². The highest BCUT2D eigenvalue weighted by molar-refractivity contribution is 5.99. The molecule has 1 unspecified atom stereocenters. The molecule has 0 heterocycles. The fraction of sp³-hybridized carbons (Fsp3) is 0.778. The Balaban J connectivity index is 3.75. The number of hydrogen-bond acceptors (Lipinski definition) is 5. The van der Waals surface area contributed by atoms with Crippen molar-refractivity contribution in [3.05, 3.63) is 0 Å². The molecule has 82 valence electrons. The second-order valence-electron chi connectivity index (χ2n) is 3.60. The van der Waals surface area contributed by atoms with Gasteiger partial charge >= 0.3 is 0 Å². The number of hydrazone groups is 1. The van der Waals surface area contributed by atoms with E-state index in [9.17, 15) is 4.79 Å². The fourth-order valence-electron chi connectivity index (χ4n) is 0.857. The summed E-state index contributed by atoms with van der Waals surface area (Å²) in [6.07, 6.45) is 0.403. The Morgan fingerprint density at radius 3 is 2.57 bits per heavy atom. The van der Waals surface area contributed by atoms with Crippen LogP contribution in [0.1, 0.15) is 27.2 Å². The molecule has 0 aliphatic carbocycles. The van der Waals surface area contributed by atoms with Crippen molar-refractivity contribution in [1.29, 1.82) is 0 Å². The van der Waals surface area contributed by atoms with Gasteiger partial charge in [-0.05, 0) is 20.8 Å². The number of nitrogens with one attached hydrogen (secondary N) is 1. The SMILES string of the molecule is CC(=O)C/C(C)=N/NCC(C)N(C)N. The van der Waals surface area contributed by atoms with Crippen LogP contribution in [-0.4, -0.2) is 36.1 Å². The maximum atomic E-state index is 10.7. The zero-order valence-electron chi connectivity index (χ0n) is 9.37. The topological polar surface area (TPSA) is 70.7 Å². The van der Waals surface area contributed by atoms with Crippen molar-refractivity contribution in [2.24, 2.45) is 10.9 Å². The first-order chi connectivity index (χ1) is 6.43. The monoisotopic (exact) mass is 200 g/mol. The number of likely N-dealkylation sites (N-methyl/N-ethyl adjacent to an activating group) is 1. The largest absolute Gasteiger partial charge is 0.309 e. The van der Waals surface area contributed by atoms with Crippen molar-refractivity contribution < 1.29 is 4.79 Å². The summed E-state index contributed by atoms with van der Waals surface area (Å²) in [4.78, 5) is 10.7. The number of hydrazine groups is 1. The third-order valence-corrected chi connectivity index (χ3v) is 1.86. The van der Waals surface area contributed by atoms with Crippen LogP contribution in [0.4, 0.5) is 0 Å². The molecule has 0 radical (unpaired) electrons. The Morgan fingerprint density at radius 2 is 2.14 bits per heavy atom. The molecule has 0 aliphatic rings. The first-order valence-corrected chi connectivity index (χ1v) is 4.66. The summed E-state index contributed by atoms with van der Waals surface area (Å²) >= 11 is 0. The van der Waals surface area contributed by atoms with Gasteiger partial charge in [0, 0.05) is 31.8 Å². The lowest BCUT2D eigenvalue weighted by atomic mass is 10.2. The highest BCUT2D eigenvalue weighted by Crippen LogP contribution is 1.88. The number of nitrogens with zero attached hydrogens (tertiary/aromatic N) is 2. The Labute approximate surface area is 85.3 Å². The predicted octanol–water partition coefficient (Wildman–Crippen LogP) is 0.125. The van der Waals surface area contributed by atoms with Gasteiger partial charge in [-0.2, -0.15) is 5.10 Å². The Kier molecular flexibility index (Phi) is 6.07. The number of Topliss-reactive ketones (excluding diaryl/α,β-unsaturated/α-hetero) is 1. The standard InChI is InChI=1S/C9H20N4O/c1-7(5-9(3)14)12-11-6-8(2)13(4)10/h8,11H,5-6,10H2,1-4H3/b12-7+. The quantitative estimate of drug-likeness (QED) is 0.363. The molecular weight excluding hydrogens is 180 g/mol. The summed E-state index contributed by atoms with van der Waals surface area (Å²) in [5, 5.41) is 5.66. The van der Waals surface area contributed by atoms with Gasteiger partial charge in [0.1, 0.15) is 5.78 Å². The molecule has 0 bridgehead atoms. The average molecular weight is 200 g/mol. The van der Waals surface area contributed by atoms with E-state index in [-0.39, 0.29) is 11.8 Å². The summed E-state index contributed by atoms with van der Waals surface area (Å²) < 4.78 is 0. The highest BCUT2D eigenvalue weighted by atomic mass is 16.1. The predicted molar refractivity (Wildman–Crippen MR) is 57.8 cm³/mol. The second kappa shape index (κ2) is 6.50. The van der Waals surface area contributed by atoms with E-state index in [0.29, 0.717) is 13.0 Å². The summed E-state index contributed by atoms with van der Waals surface area (Å²) in [7, 11) is 1.80. The van der Waals surface area contributed by atoms with Gasteiger partial charge in [-0.3, -0.25) is 10.6 Å². The van der Waals surface area contributed by atoms with E-state index in [0.717, 1.165) is 5.71 Å². The van der Waals surface area contributed by atoms with Gasteiger partial charge in [0.2, 0.25) is 0 Å². The van der Waals surface area contributed by atoms with Crippen LogP contribution in [0.25, 0.3) is 0 Å². The van der Waals surface area contributed by atoms with Crippen molar-refractivity contribution in [3.8, 4) is 0 Å². The average Bonchev–Trinajstić information content (AvgIpc) is 2.02. The van der Waals surface area contributed by atoms with Crippen molar-refractivity contribution in [2.45, 2.75) is 33.2 Å². The minimum atomic E-state index is 0.122. The van der Waals surface area contributed by atoms with Crippen LogP contribution in [0.2, 0.25) is 0 Å². The number of carbonyl (C=O) groups excluding carboxylic acids is 1. The first kappa shape index (κ1) is 13.1. The molecule has 5 nitrogen and oxygen atoms in total. The molecular formula is C9H20N4O. The minimum Gasteiger partial charge on any atom is -0.309 e. The maximum absolute atomic E-state index is 10.7. The minimum absolute atomic E-state index is 0.122. The van der Waals surface area contributed by atoms with Crippen LogP contribution < -0.4 is 11.3 Å². The molecule has 0 fully saturated rings. The molecule has 14 heavy (non-hydrogen) atoms. The molecule has 5 heteroatoms. The number of nitrogens with two attached hydrogens (primary N) is 1. The van der Waals surface area contributed by atoms with E-state index in [1.54, 1.807) is 19.0 Å². The second-order valence-corrected chi connectivity index (χ2v) is 3.60. The Bertz CT molecular complexity index is 213. The smallest absolute Gasteiger partial charge is 0.135 e. The molecule has 0 aromatic rings. The van der Waals surface area contributed by atoms with Crippen molar-refractivity contribution >= 4 is 11.5 Å². The van der Waals surface area contributed by atoms with Gasteiger partial charge < -0.3 is 5.43 Å². The summed E-state index contributed by atoms with van der Waals surface area (Å²) in [6, 6.07) is 0.212. The molecule has 0 saturated heterocycles. The Morgan fingerprint density at radius 1 is 1.57 bits per heavy atom. The van der Waals surface area contributed by atoms with E-state index in [2.05, 4.69) is 10.5 Å². The molecule has 0 aromatic carbocycles. The van der Waals surface area contributed by atoms with E-state index in [4.69, 9.17) is 5.84 Å². The Hall–Kier alpha value is -0.940.